The number of para-hydroxylation sites is 1. The Morgan fingerprint density at radius 1 is 0.786 bits per heavy atom. The molecule has 2 aromatic rings. The highest BCUT2D eigenvalue weighted by Gasteiger charge is 2.28. The van der Waals surface area contributed by atoms with Gasteiger partial charge in [0.1, 0.15) is 12.3 Å². The van der Waals surface area contributed by atoms with Gasteiger partial charge in [0.25, 0.3) is 0 Å². The number of likely N-dealkylation sites (tertiary alicyclic amines) is 1. The zero-order valence-corrected chi connectivity index (χ0v) is 19.2. The average Bonchev–Trinajstić information content (AvgIpc) is 2.65. The van der Waals surface area contributed by atoms with E-state index in [1.54, 1.807) is 0 Å². The largest absolute Gasteiger partial charge is 1.00 e. The van der Waals surface area contributed by atoms with Crippen molar-refractivity contribution in [1.29, 1.82) is 0 Å². The van der Waals surface area contributed by atoms with Crippen LogP contribution in [0.5, 0.6) is 5.75 Å². The summed E-state index contributed by atoms with van der Waals surface area (Å²) >= 11 is 0. The van der Waals surface area contributed by atoms with E-state index >= 15 is 0 Å². The van der Waals surface area contributed by atoms with Crippen molar-refractivity contribution in [3.8, 4) is 5.75 Å². The fourth-order valence-electron chi connectivity index (χ4n) is 4.57. The van der Waals surface area contributed by atoms with Crippen LogP contribution in [0.25, 0.3) is 0 Å². The number of ether oxygens (including phenoxy) is 1. The van der Waals surface area contributed by atoms with Crippen LogP contribution in [-0.4, -0.2) is 30.7 Å². The van der Waals surface area contributed by atoms with Gasteiger partial charge in [-0.3, -0.25) is 0 Å². The SMILES string of the molecule is Cc1cccc(C)c1OCCC[N+]1(Cc2ccccc2)CCCCCCC1.[Br-]. The molecule has 2 nitrogen and oxygen atoms in total. The second-order valence-corrected chi connectivity index (χ2v) is 8.35. The summed E-state index contributed by atoms with van der Waals surface area (Å²) < 4.78 is 7.44. The first-order valence-electron chi connectivity index (χ1n) is 10.8. The Balaban J connectivity index is 0.00000280. The van der Waals surface area contributed by atoms with E-state index in [2.05, 4.69) is 62.4 Å². The Bertz CT molecular complexity index is 673. The third-order valence-electron chi connectivity index (χ3n) is 6.06. The van der Waals surface area contributed by atoms with Crippen LogP contribution in [-0.2, 0) is 6.54 Å². The van der Waals surface area contributed by atoms with E-state index in [9.17, 15) is 0 Å². The van der Waals surface area contributed by atoms with Gasteiger partial charge in [-0.2, -0.15) is 0 Å². The van der Waals surface area contributed by atoms with E-state index < -0.39 is 0 Å². The number of hydrogen-bond acceptors (Lipinski definition) is 1. The van der Waals surface area contributed by atoms with Gasteiger partial charge in [0.2, 0.25) is 0 Å². The summed E-state index contributed by atoms with van der Waals surface area (Å²) in [5, 5.41) is 0. The molecule has 0 unspecified atom stereocenters. The van der Waals surface area contributed by atoms with Crippen molar-refractivity contribution in [2.75, 3.05) is 26.2 Å². The molecule has 0 N–H and O–H groups in total. The molecule has 0 atom stereocenters. The van der Waals surface area contributed by atoms with Crippen LogP contribution in [0.2, 0.25) is 0 Å². The van der Waals surface area contributed by atoms with Crippen molar-refractivity contribution in [2.24, 2.45) is 0 Å². The number of nitrogens with zero attached hydrogens (tertiary/aromatic N) is 1. The molecule has 1 aliphatic rings. The lowest BCUT2D eigenvalue weighted by Gasteiger charge is -2.40. The molecule has 0 aromatic heterocycles. The average molecular weight is 446 g/mol. The summed E-state index contributed by atoms with van der Waals surface area (Å²) in [6.07, 6.45) is 8.07. The highest BCUT2D eigenvalue weighted by Crippen LogP contribution is 2.25. The Labute approximate surface area is 182 Å². The van der Waals surface area contributed by atoms with Gasteiger partial charge in [-0.15, -0.1) is 0 Å². The van der Waals surface area contributed by atoms with Gasteiger partial charge in [-0.25, -0.2) is 0 Å². The first-order chi connectivity index (χ1) is 13.2. The molecular weight excluding hydrogens is 410 g/mol. The first-order valence-corrected chi connectivity index (χ1v) is 10.8. The molecule has 0 radical (unpaired) electrons. The number of rotatable bonds is 7. The van der Waals surface area contributed by atoms with Gasteiger partial charge in [0, 0.05) is 12.0 Å². The van der Waals surface area contributed by atoms with Gasteiger partial charge in [-0.05, 0) is 50.7 Å². The highest BCUT2D eigenvalue weighted by atomic mass is 79.9. The number of benzene rings is 2. The Kier molecular flexibility index (Phi) is 9.53. The van der Waals surface area contributed by atoms with E-state index in [-0.39, 0.29) is 17.0 Å². The van der Waals surface area contributed by atoms with Crippen LogP contribution in [0.15, 0.2) is 48.5 Å². The van der Waals surface area contributed by atoms with E-state index in [1.165, 1.54) is 79.5 Å². The monoisotopic (exact) mass is 445 g/mol. The molecule has 3 rings (SSSR count). The maximum absolute atomic E-state index is 6.20. The fourth-order valence-corrected chi connectivity index (χ4v) is 4.57. The summed E-state index contributed by atoms with van der Waals surface area (Å²) in [6.45, 7) is 10.1. The zero-order chi connectivity index (χ0) is 19.0. The van der Waals surface area contributed by atoms with E-state index in [4.69, 9.17) is 4.74 Å². The summed E-state index contributed by atoms with van der Waals surface area (Å²) in [7, 11) is 0. The summed E-state index contributed by atoms with van der Waals surface area (Å²) in [6, 6.07) is 17.5. The number of halogens is 1. The molecule has 1 saturated heterocycles. The van der Waals surface area contributed by atoms with Crippen molar-refractivity contribution < 1.29 is 26.2 Å². The van der Waals surface area contributed by atoms with Gasteiger partial charge in [-0.1, -0.05) is 55.0 Å². The second-order valence-electron chi connectivity index (χ2n) is 8.35. The van der Waals surface area contributed by atoms with Crippen molar-refractivity contribution in [3.05, 3.63) is 65.2 Å². The molecular formula is C25H36BrNO. The Hall–Kier alpha value is -1.32. The molecule has 0 aliphatic carbocycles. The minimum absolute atomic E-state index is 0. The minimum Gasteiger partial charge on any atom is -1.00 e. The van der Waals surface area contributed by atoms with E-state index in [0.717, 1.165) is 18.8 Å². The molecule has 1 fully saturated rings. The van der Waals surface area contributed by atoms with E-state index in [1.807, 2.05) is 0 Å². The molecule has 3 heteroatoms. The minimum atomic E-state index is 0. The smallest absolute Gasteiger partial charge is 0.125 e. The lowest BCUT2D eigenvalue weighted by molar-refractivity contribution is -0.942. The third kappa shape index (κ3) is 6.63. The summed E-state index contributed by atoms with van der Waals surface area (Å²) in [5.74, 6) is 1.08. The van der Waals surface area contributed by atoms with Crippen LogP contribution in [0.3, 0.4) is 0 Å². The van der Waals surface area contributed by atoms with Gasteiger partial charge in [0.15, 0.2) is 0 Å². The quantitative estimate of drug-likeness (QED) is 0.469. The van der Waals surface area contributed by atoms with Crippen molar-refractivity contribution >= 4 is 0 Å². The highest BCUT2D eigenvalue weighted by molar-refractivity contribution is 5.39. The molecule has 2 aromatic carbocycles. The van der Waals surface area contributed by atoms with Crippen molar-refractivity contribution in [3.63, 3.8) is 0 Å². The molecule has 1 heterocycles. The molecule has 0 amide bonds. The summed E-state index contributed by atoms with van der Waals surface area (Å²) in [4.78, 5) is 0. The predicted octanol–water partition coefficient (Wildman–Crippen LogP) is 3.06. The zero-order valence-electron chi connectivity index (χ0n) is 17.6. The van der Waals surface area contributed by atoms with Gasteiger partial charge in [0.05, 0.1) is 26.2 Å². The molecule has 154 valence electrons. The van der Waals surface area contributed by atoms with Crippen LogP contribution >= 0.6 is 0 Å². The van der Waals surface area contributed by atoms with Crippen LogP contribution in [0.4, 0.5) is 0 Å². The lowest BCUT2D eigenvalue weighted by Crippen LogP contribution is -3.00. The second kappa shape index (κ2) is 11.6. The van der Waals surface area contributed by atoms with Gasteiger partial charge < -0.3 is 26.2 Å². The Morgan fingerprint density at radius 2 is 1.39 bits per heavy atom. The fraction of sp³-hybridized carbons (Fsp3) is 0.520. The lowest BCUT2D eigenvalue weighted by atomic mass is 10.0. The van der Waals surface area contributed by atoms with E-state index in [0.29, 0.717) is 0 Å². The molecule has 1 aliphatic heterocycles. The third-order valence-corrected chi connectivity index (χ3v) is 6.06. The molecule has 0 spiro atoms. The molecule has 28 heavy (non-hydrogen) atoms. The standard InChI is InChI=1S/C25H36NO.BrH/c1-22-13-11-14-23(2)25(22)27-20-12-19-26(17-9-4-3-5-10-18-26)21-24-15-7-6-8-16-24;/h6-8,11,13-16H,3-5,9-10,12,17-21H2,1-2H3;1H/q+1;/p-1. The van der Waals surface area contributed by atoms with Crippen LogP contribution in [0.1, 0.15) is 55.2 Å². The number of aryl methyl sites for hydroxylation is 2. The number of hydrogen-bond donors (Lipinski definition) is 0. The first kappa shape index (κ1) is 23.0. The topological polar surface area (TPSA) is 9.23 Å². The normalized spacial score (nSPS) is 16.5. The maximum atomic E-state index is 6.20. The molecule has 0 bridgehead atoms. The van der Waals surface area contributed by atoms with Crippen LogP contribution in [0, 0.1) is 13.8 Å². The Morgan fingerprint density at radius 3 is 2.04 bits per heavy atom. The van der Waals surface area contributed by atoms with Crippen LogP contribution < -0.4 is 21.7 Å². The number of quaternary nitrogens is 1. The van der Waals surface area contributed by atoms with Crippen molar-refractivity contribution in [2.45, 2.75) is 58.9 Å². The predicted molar refractivity (Wildman–Crippen MR) is 114 cm³/mol. The molecule has 0 saturated carbocycles. The van der Waals surface area contributed by atoms with Crippen molar-refractivity contribution in [1.82, 2.24) is 0 Å². The summed E-state index contributed by atoms with van der Waals surface area (Å²) in [5.41, 5.74) is 3.97. The van der Waals surface area contributed by atoms with Gasteiger partial charge >= 0.3 is 0 Å². The maximum Gasteiger partial charge on any atom is 0.125 e.